The fourth-order valence-corrected chi connectivity index (χ4v) is 2.32. The van der Waals surface area contributed by atoms with Crippen molar-refractivity contribution in [3.63, 3.8) is 0 Å². The third kappa shape index (κ3) is 3.30. The first kappa shape index (κ1) is 16.5. The number of esters is 1. The van der Waals surface area contributed by atoms with Crippen LogP contribution in [0.1, 0.15) is 10.5 Å². The summed E-state index contributed by atoms with van der Waals surface area (Å²) in [6.07, 6.45) is 1.68. The van der Waals surface area contributed by atoms with E-state index in [4.69, 9.17) is 4.74 Å². The maximum absolute atomic E-state index is 11.4. The Morgan fingerprint density at radius 2 is 1.61 bits per heavy atom. The third-order valence-corrected chi connectivity index (χ3v) is 3.54. The van der Waals surface area contributed by atoms with Crippen molar-refractivity contribution in [1.82, 2.24) is 4.98 Å². The predicted octanol–water partition coefficient (Wildman–Crippen LogP) is 2.87. The molecule has 5 nitrogen and oxygen atoms in total. The summed E-state index contributed by atoms with van der Waals surface area (Å²) in [4.78, 5) is 15.5. The van der Waals surface area contributed by atoms with Crippen molar-refractivity contribution in [3.8, 4) is 16.9 Å². The number of aromatic nitrogens is 1. The van der Waals surface area contributed by atoms with Gasteiger partial charge in [0.25, 0.3) is 0 Å². The molecule has 0 spiro atoms. The summed E-state index contributed by atoms with van der Waals surface area (Å²) >= 11 is 0. The van der Waals surface area contributed by atoms with Crippen LogP contribution in [0.3, 0.4) is 0 Å². The van der Waals surface area contributed by atoms with Gasteiger partial charge in [0.1, 0.15) is 11.4 Å². The van der Waals surface area contributed by atoms with Crippen LogP contribution < -0.4 is 4.74 Å². The van der Waals surface area contributed by atoms with E-state index in [1.54, 1.807) is 19.4 Å². The Bertz CT molecular complexity index is 828. The van der Waals surface area contributed by atoms with Gasteiger partial charge in [-0.05, 0) is 40.6 Å². The normalized spacial score (nSPS) is 10.0. The van der Waals surface area contributed by atoms with Crippen molar-refractivity contribution in [2.24, 2.45) is 0 Å². The van der Waals surface area contributed by atoms with Crippen molar-refractivity contribution in [2.75, 3.05) is 14.2 Å². The van der Waals surface area contributed by atoms with Crippen molar-refractivity contribution in [1.29, 1.82) is 0 Å². The van der Waals surface area contributed by atoms with Crippen molar-refractivity contribution >= 4 is 16.7 Å². The smallest absolute Gasteiger partial charge is 0.356 e. The molecule has 0 aliphatic rings. The summed E-state index contributed by atoms with van der Waals surface area (Å²) in [7, 11) is 3.00. The molecule has 118 valence electrons. The number of hydrogen-bond donors (Lipinski definition) is 0. The van der Waals surface area contributed by atoms with Gasteiger partial charge >= 0.3 is 5.97 Å². The zero-order valence-electron chi connectivity index (χ0n) is 12.9. The SMILES string of the molecule is COC(=O)c1ccc(-c2ccc3cc(OC)ccc3c2)cn1.O. The second-order valence-corrected chi connectivity index (χ2v) is 4.85. The van der Waals surface area contributed by atoms with E-state index in [1.165, 1.54) is 7.11 Å². The van der Waals surface area contributed by atoms with Gasteiger partial charge in [-0.1, -0.05) is 24.3 Å². The molecule has 0 unspecified atom stereocenters. The second kappa shape index (κ2) is 6.89. The molecule has 0 fully saturated rings. The number of pyridine rings is 1. The largest absolute Gasteiger partial charge is 0.497 e. The highest BCUT2D eigenvalue weighted by atomic mass is 16.5. The van der Waals surface area contributed by atoms with Crippen molar-refractivity contribution in [2.45, 2.75) is 0 Å². The van der Waals surface area contributed by atoms with Gasteiger partial charge in [0, 0.05) is 11.8 Å². The standard InChI is InChI=1S/C18H15NO3.H2O/c1-21-16-7-5-12-9-13(3-4-14(12)10-16)15-6-8-17(19-11-15)18(20)22-2;/h3-11H,1-2H3;1H2. The van der Waals surface area contributed by atoms with E-state index in [0.717, 1.165) is 27.6 Å². The molecular formula is C18H17NO4. The van der Waals surface area contributed by atoms with Crippen molar-refractivity contribution < 1.29 is 19.7 Å². The molecule has 0 amide bonds. The molecule has 0 aliphatic carbocycles. The van der Waals surface area contributed by atoms with Gasteiger partial charge in [0.05, 0.1) is 14.2 Å². The number of ether oxygens (including phenoxy) is 2. The number of methoxy groups -OCH3 is 2. The van der Waals surface area contributed by atoms with Crippen molar-refractivity contribution in [3.05, 3.63) is 60.4 Å². The molecule has 0 saturated carbocycles. The Morgan fingerprint density at radius 1 is 0.913 bits per heavy atom. The van der Waals surface area contributed by atoms with Crippen LogP contribution in [0.15, 0.2) is 54.7 Å². The van der Waals surface area contributed by atoms with Crippen LogP contribution in [-0.2, 0) is 4.74 Å². The Hall–Kier alpha value is -2.92. The van der Waals surface area contributed by atoms with Crippen LogP contribution in [0.2, 0.25) is 0 Å². The molecule has 0 saturated heterocycles. The van der Waals surface area contributed by atoms with Crippen LogP contribution in [-0.4, -0.2) is 30.6 Å². The fraction of sp³-hybridized carbons (Fsp3) is 0.111. The van der Waals surface area contributed by atoms with Crippen LogP contribution in [0.5, 0.6) is 5.75 Å². The summed E-state index contributed by atoms with van der Waals surface area (Å²) in [5.41, 5.74) is 2.30. The first-order valence-corrected chi connectivity index (χ1v) is 6.84. The highest BCUT2D eigenvalue weighted by molar-refractivity contribution is 5.89. The van der Waals surface area contributed by atoms with Crippen LogP contribution in [0, 0.1) is 0 Å². The molecule has 0 bridgehead atoms. The van der Waals surface area contributed by atoms with E-state index in [1.807, 2.05) is 36.4 Å². The number of nitrogens with zero attached hydrogens (tertiary/aromatic N) is 1. The molecule has 0 radical (unpaired) electrons. The third-order valence-electron chi connectivity index (χ3n) is 3.54. The fourth-order valence-electron chi connectivity index (χ4n) is 2.32. The first-order valence-electron chi connectivity index (χ1n) is 6.84. The van der Waals surface area contributed by atoms with Gasteiger partial charge in [-0.3, -0.25) is 0 Å². The zero-order valence-corrected chi connectivity index (χ0v) is 12.9. The quantitative estimate of drug-likeness (QED) is 0.697. The summed E-state index contributed by atoms with van der Waals surface area (Å²) in [6, 6.07) is 15.6. The van der Waals surface area contributed by atoms with Gasteiger partial charge in [-0.25, -0.2) is 9.78 Å². The zero-order chi connectivity index (χ0) is 15.5. The van der Waals surface area contributed by atoms with Gasteiger partial charge < -0.3 is 14.9 Å². The molecule has 3 rings (SSSR count). The first-order chi connectivity index (χ1) is 10.7. The van der Waals surface area contributed by atoms with E-state index in [2.05, 4.69) is 15.8 Å². The monoisotopic (exact) mass is 311 g/mol. The maximum atomic E-state index is 11.4. The number of benzene rings is 2. The summed E-state index contributed by atoms with van der Waals surface area (Å²) in [5.74, 6) is 0.404. The predicted molar refractivity (Wildman–Crippen MR) is 88.7 cm³/mol. The molecule has 5 heteroatoms. The number of rotatable bonds is 3. The van der Waals surface area contributed by atoms with Gasteiger partial charge in [-0.2, -0.15) is 0 Å². The molecule has 0 aliphatic heterocycles. The molecule has 2 aromatic carbocycles. The second-order valence-electron chi connectivity index (χ2n) is 4.85. The van der Waals surface area contributed by atoms with E-state index in [-0.39, 0.29) is 5.48 Å². The van der Waals surface area contributed by atoms with Crippen LogP contribution in [0.4, 0.5) is 0 Å². The summed E-state index contributed by atoms with van der Waals surface area (Å²) in [5, 5.41) is 2.23. The van der Waals surface area contributed by atoms with E-state index in [9.17, 15) is 4.79 Å². The molecule has 0 atom stereocenters. The number of carbonyl (C=O) groups is 1. The molecule has 2 N–H and O–H groups in total. The Labute approximate surface area is 133 Å². The van der Waals surface area contributed by atoms with Gasteiger partial charge in [0.15, 0.2) is 0 Å². The van der Waals surface area contributed by atoms with Crippen LogP contribution >= 0.6 is 0 Å². The summed E-state index contributed by atoms with van der Waals surface area (Å²) in [6.45, 7) is 0. The molecule has 1 heterocycles. The highest BCUT2D eigenvalue weighted by Crippen LogP contribution is 2.26. The number of hydrogen-bond acceptors (Lipinski definition) is 4. The average Bonchev–Trinajstić information content (AvgIpc) is 2.60. The van der Waals surface area contributed by atoms with Crippen LogP contribution in [0.25, 0.3) is 21.9 Å². The average molecular weight is 311 g/mol. The van der Waals surface area contributed by atoms with E-state index < -0.39 is 5.97 Å². The number of carbonyl (C=O) groups excluding carboxylic acids is 1. The Kier molecular flexibility index (Phi) is 4.93. The van der Waals surface area contributed by atoms with E-state index >= 15 is 0 Å². The number of fused-ring (bicyclic) bond motifs is 1. The Balaban J connectivity index is 0.00000192. The lowest BCUT2D eigenvalue weighted by atomic mass is 10.0. The minimum Gasteiger partial charge on any atom is -0.497 e. The Morgan fingerprint density at radius 3 is 2.26 bits per heavy atom. The minimum atomic E-state index is -0.433. The topological polar surface area (TPSA) is 79.9 Å². The minimum absolute atomic E-state index is 0. The highest BCUT2D eigenvalue weighted by Gasteiger charge is 2.07. The van der Waals surface area contributed by atoms with Gasteiger partial charge in [-0.15, -0.1) is 0 Å². The lowest BCUT2D eigenvalue weighted by molar-refractivity contribution is 0.0594. The maximum Gasteiger partial charge on any atom is 0.356 e. The molecule has 3 aromatic rings. The lowest BCUT2D eigenvalue weighted by Crippen LogP contribution is -2.03. The summed E-state index contributed by atoms with van der Waals surface area (Å²) < 4.78 is 9.88. The molecule has 1 aromatic heterocycles. The lowest BCUT2D eigenvalue weighted by Gasteiger charge is -2.06. The van der Waals surface area contributed by atoms with E-state index in [0.29, 0.717) is 5.69 Å². The molecular weight excluding hydrogens is 294 g/mol. The molecule has 23 heavy (non-hydrogen) atoms. The van der Waals surface area contributed by atoms with Gasteiger partial charge in [0.2, 0.25) is 0 Å².